The number of nitrogens with zero attached hydrogens (tertiary/aromatic N) is 1. The van der Waals surface area contributed by atoms with Crippen molar-refractivity contribution in [2.24, 2.45) is 5.73 Å². The molecule has 1 rings (SSSR count). The highest BCUT2D eigenvalue weighted by atomic mass is 19.4. The molecule has 0 aliphatic carbocycles. The minimum atomic E-state index is -4.36. The third kappa shape index (κ3) is 4.40. The zero-order valence-corrected chi connectivity index (χ0v) is 11.0. The Kier molecular flexibility index (Phi) is 5.20. The predicted octanol–water partition coefficient (Wildman–Crippen LogP) is 2.37. The van der Waals surface area contributed by atoms with Crippen LogP contribution in [0.15, 0.2) is 18.2 Å². The highest BCUT2D eigenvalue weighted by Crippen LogP contribution is 2.32. The van der Waals surface area contributed by atoms with E-state index in [1.807, 2.05) is 0 Å². The van der Waals surface area contributed by atoms with Crippen molar-refractivity contribution in [2.75, 3.05) is 18.5 Å². The Morgan fingerprint density at radius 1 is 1.37 bits per heavy atom. The van der Waals surface area contributed by atoms with E-state index in [2.05, 4.69) is 0 Å². The van der Waals surface area contributed by atoms with Crippen LogP contribution in [0.1, 0.15) is 24.5 Å². The van der Waals surface area contributed by atoms with Gasteiger partial charge in [-0.05, 0) is 37.1 Å². The third-order valence-electron chi connectivity index (χ3n) is 2.92. The normalized spacial score (nSPS) is 13.4. The number of hydrogen-bond acceptors (Lipinski definition) is 3. The smallest absolute Gasteiger partial charge is 0.393 e. The lowest BCUT2D eigenvalue weighted by atomic mass is 10.1. The second kappa shape index (κ2) is 6.25. The van der Waals surface area contributed by atoms with Crippen LogP contribution in [-0.2, 0) is 12.7 Å². The standard InChI is InChI=1S/C13H19F3N2O/c1-9(19)5-6-18(2)12-4-3-11(13(14,15)16)7-10(12)8-17/h3-4,7,9,19H,5-6,8,17H2,1-2H3. The molecule has 0 heterocycles. The van der Waals surface area contributed by atoms with E-state index in [1.54, 1.807) is 18.9 Å². The Balaban J connectivity index is 2.96. The van der Waals surface area contributed by atoms with Crippen LogP contribution in [0, 0.1) is 0 Å². The summed E-state index contributed by atoms with van der Waals surface area (Å²) in [5.74, 6) is 0. The Labute approximate surface area is 110 Å². The van der Waals surface area contributed by atoms with E-state index < -0.39 is 17.8 Å². The summed E-state index contributed by atoms with van der Waals surface area (Å²) in [5, 5.41) is 9.23. The topological polar surface area (TPSA) is 49.5 Å². The summed E-state index contributed by atoms with van der Waals surface area (Å²) in [6, 6.07) is 3.55. The van der Waals surface area contributed by atoms with E-state index in [-0.39, 0.29) is 6.54 Å². The van der Waals surface area contributed by atoms with E-state index in [0.29, 0.717) is 24.2 Å². The average molecular weight is 276 g/mol. The highest BCUT2D eigenvalue weighted by molar-refractivity contribution is 5.55. The van der Waals surface area contributed by atoms with Gasteiger partial charge in [0.1, 0.15) is 0 Å². The number of rotatable bonds is 5. The first-order valence-corrected chi connectivity index (χ1v) is 6.05. The number of benzene rings is 1. The first-order chi connectivity index (χ1) is 8.75. The van der Waals surface area contributed by atoms with Gasteiger partial charge in [0.15, 0.2) is 0 Å². The maximum absolute atomic E-state index is 12.6. The summed E-state index contributed by atoms with van der Waals surface area (Å²) >= 11 is 0. The monoisotopic (exact) mass is 276 g/mol. The molecular weight excluding hydrogens is 257 g/mol. The lowest BCUT2D eigenvalue weighted by Gasteiger charge is -2.23. The number of alkyl halides is 3. The fraction of sp³-hybridized carbons (Fsp3) is 0.538. The van der Waals surface area contributed by atoms with Crippen molar-refractivity contribution in [2.45, 2.75) is 32.2 Å². The van der Waals surface area contributed by atoms with E-state index >= 15 is 0 Å². The molecular formula is C13H19F3N2O. The van der Waals surface area contributed by atoms with Gasteiger partial charge in [0.2, 0.25) is 0 Å². The van der Waals surface area contributed by atoms with Gasteiger partial charge >= 0.3 is 6.18 Å². The van der Waals surface area contributed by atoms with Gasteiger partial charge in [-0.2, -0.15) is 13.2 Å². The van der Waals surface area contributed by atoms with Crippen LogP contribution in [0.5, 0.6) is 0 Å². The first kappa shape index (κ1) is 15.8. The molecule has 1 atom stereocenters. The molecule has 0 aliphatic heterocycles. The van der Waals surface area contributed by atoms with Gasteiger partial charge in [-0.15, -0.1) is 0 Å². The summed E-state index contributed by atoms with van der Waals surface area (Å²) in [7, 11) is 1.77. The third-order valence-corrected chi connectivity index (χ3v) is 2.92. The van der Waals surface area contributed by atoms with Crippen molar-refractivity contribution < 1.29 is 18.3 Å². The molecule has 0 bridgehead atoms. The van der Waals surface area contributed by atoms with Gasteiger partial charge in [0.25, 0.3) is 0 Å². The van der Waals surface area contributed by atoms with Gasteiger partial charge in [-0.3, -0.25) is 0 Å². The Morgan fingerprint density at radius 3 is 2.47 bits per heavy atom. The fourth-order valence-electron chi connectivity index (χ4n) is 1.80. The predicted molar refractivity (Wildman–Crippen MR) is 68.9 cm³/mol. The van der Waals surface area contributed by atoms with Crippen molar-refractivity contribution in [3.63, 3.8) is 0 Å². The summed E-state index contributed by atoms with van der Waals surface area (Å²) < 4.78 is 37.8. The van der Waals surface area contributed by atoms with Crippen LogP contribution in [0.4, 0.5) is 18.9 Å². The maximum atomic E-state index is 12.6. The molecule has 0 saturated carbocycles. The van der Waals surface area contributed by atoms with Crippen molar-refractivity contribution in [3.8, 4) is 0 Å². The number of aliphatic hydroxyl groups is 1. The highest BCUT2D eigenvalue weighted by Gasteiger charge is 2.31. The van der Waals surface area contributed by atoms with Crippen molar-refractivity contribution in [1.82, 2.24) is 0 Å². The van der Waals surface area contributed by atoms with Crippen LogP contribution >= 0.6 is 0 Å². The lowest BCUT2D eigenvalue weighted by Crippen LogP contribution is -2.24. The van der Waals surface area contributed by atoms with Crippen LogP contribution in [0.2, 0.25) is 0 Å². The molecule has 3 N–H and O–H groups in total. The Morgan fingerprint density at radius 2 is 2.00 bits per heavy atom. The zero-order valence-electron chi connectivity index (χ0n) is 11.0. The van der Waals surface area contributed by atoms with Gasteiger partial charge in [-0.25, -0.2) is 0 Å². The lowest BCUT2D eigenvalue weighted by molar-refractivity contribution is -0.137. The molecule has 1 aromatic carbocycles. The molecule has 1 aromatic rings. The second-order valence-corrected chi connectivity index (χ2v) is 4.60. The molecule has 0 spiro atoms. The largest absolute Gasteiger partial charge is 0.416 e. The van der Waals surface area contributed by atoms with E-state index in [1.165, 1.54) is 6.07 Å². The van der Waals surface area contributed by atoms with Crippen LogP contribution in [-0.4, -0.2) is 24.8 Å². The van der Waals surface area contributed by atoms with Gasteiger partial charge in [0, 0.05) is 25.8 Å². The molecule has 0 fully saturated rings. The average Bonchev–Trinajstić information content (AvgIpc) is 2.33. The minimum Gasteiger partial charge on any atom is -0.393 e. The molecule has 0 aromatic heterocycles. The molecule has 108 valence electrons. The fourth-order valence-corrected chi connectivity index (χ4v) is 1.80. The molecule has 19 heavy (non-hydrogen) atoms. The van der Waals surface area contributed by atoms with Gasteiger partial charge in [-0.1, -0.05) is 0 Å². The minimum absolute atomic E-state index is 0.0400. The molecule has 0 radical (unpaired) electrons. The summed E-state index contributed by atoms with van der Waals surface area (Å²) in [4.78, 5) is 1.80. The molecule has 3 nitrogen and oxygen atoms in total. The SMILES string of the molecule is CC(O)CCN(C)c1ccc(C(F)(F)F)cc1CN. The first-order valence-electron chi connectivity index (χ1n) is 6.05. The number of nitrogens with two attached hydrogens (primary N) is 1. The number of halogens is 3. The van der Waals surface area contributed by atoms with E-state index in [0.717, 1.165) is 12.1 Å². The molecule has 1 unspecified atom stereocenters. The zero-order chi connectivity index (χ0) is 14.6. The molecule has 0 aliphatic rings. The van der Waals surface area contributed by atoms with E-state index in [9.17, 15) is 18.3 Å². The number of anilines is 1. The van der Waals surface area contributed by atoms with Crippen LogP contribution < -0.4 is 10.6 Å². The molecule has 0 saturated heterocycles. The summed E-state index contributed by atoms with van der Waals surface area (Å²) in [6.07, 6.45) is -4.26. The Bertz CT molecular complexity index is 419. The number of aliphatic hydroxyl groups excluding tert-OH is 1. The van der Waals surface area contributed by atoms with Gasteiger partial charge < -0.3 is 15.7 Å². The molecule has 0 amide bonds. The summed E-state index contributed by atoms with van der Waals surface area (Å²) in [6.45, 7) is 2.26. The Hall–Kier alpha value is -1.27. The van der Waals surface area contributed by atoms with Crippen LogP contribution in [0.25, 0.3) is 0 Å². The quantitative estimate of drug-likeness (QED) is 0.868. The van der Waals surface area contributed by atoms with E-state index in [4.69, 9.17) is 5.73 Å². The maximum Gasteiger partial charge on any atom is 0.416 e. The molecule has 6 heteroatoms. The number of hydrogen-bond donors (Lipinski definition) is 2. The van der Waals surface area contributed by atoms with Gasteiger partial charge in [0.05, 0.1) is 11.7 Å². The van der Waals surface area contributed by atoms with Crippen molar-refractivity contribution in [3.05, 3.63) is 29.3 Å². The van der Waals surface area contributed by atoms with Crippen molar-refractivity contribution in [1.29, 1.82) is 0 Å². The van der Waals surface area contributed by atoms with Crippen molar-refractivity contribution >= 4 is 5.69 Å². The second-order valence-electron chi connectivity index (χ2n) is 4.60. The summed E-state index contributed by atoms with van der Waals surface area (Å²) in [5.41, 5.74) is 5.93. The van der Waals surface area contributed by atoms with Crippen LogP contribution in [0.3, 0.4) is 0 Å².